The molecule has 78 heavy (non-hydrogen) atoms. The van der Waals surface area contributed by atoms with Crippen LogP contribution in [-0.4, -0.2) is 161 Å². The third kappa shape index (κ3) is 21.4. The van der Waals surface area contributed by atoms with E-state index in [9.17, 15) is 47.9 Å². The SMILES string of the molecule is NC(=O)CC[C@H](NC(=O)[C@@H](CCCN=C(N)N)NC(=O)[C@@H](CCCN=C(N)N)NC(=O)[C@@H]1CCCN1C(=O)c1ccc(Cl)c(Cl)c1)C(=O)N[C@@H](CS)C(=O)N[C@@H](CC1CCCCC1)C(=O)N[C@H]1CSSC[C@@H](C(N)=O)NC1=O. The molecule has 3 aliphatic rings. The van der Waals surface area contributed by atoms with Crippen molar-refractivity contribution in [2.45, 2.75) is 138 Å². The molecule has 1 saturated carbocycles. The van der Waals surface area contributed by atoms with Gasteiger partial charge in [0.05, 0.1) is 10.0 Å². The number of benzene rings is 1. The fourth-order valence-electron chi connectivity index (χ4n) is 8.87. The van der Waals surface area contributed by atoms with Gasteiger partial charge >= 0.3 is 0 Å². The molecular weight excluding hydrogens is 1120 g/mol. The summed E-state index contributed by atoms with van der Waals surface area (Å²) in [6, 6.07) is -5.63. The standard InChI is InChI=1S/C47H72Cl2N16O10S3/c48-26-13-12-25(20-27(26)49)45(75)65-18-6-11-35(65)44(74)60-29(10-5-17-57-47(54)55)39(69)58-28(9-4-16-56-46(52)53)38(68)59-30(14-15-36(50)66)40(70)62-32(21-76)42(72)61-31(19-24-7-2-1-3-8-24)41(71)64-34-23-78-77-22-33(37(51)67)63-43(34)73/h12-13,20,24,28-35,76H,1-11,14-19,21-23H2,(H2,50,66)(H2,51,67)(H,58,69)(H,59,68)(H,60,74)(H,61,72)(H,62,70)(H,63,73)(H,64,71)(H4,52,53,56)(H4,54,55,57)/t28-,29-,30+,31+,32+,33+,34+,35+/m1/s1. The van der Waals surface area contributed by atoms with Gasteiger partial charge in [-0.05, 0) is 75.5 Å². The Morgan fingerprint density at radius 2 is 1.23 bits per heavy atom. The van der Waals surface area contributed by atoms with E-state index in [1.807, 2.05) is 0 Å². The smallest absolute Gasteiger partial charge is 0.254 e. The molecule has 432 valence electrons. The van der Waals surface area contributed by atoms with E-state index < -0.39 is 114 Å². The maximum Gasteiger partial charge on any atom is 0.254 e. The van der Waals surface area contributed by atoms with Crippen LogP contribution in [0.2, 0.25) is 10.0 Å². The summed E-state index contributed by atoms with van der Waals surface area (Å²) in [6.45, 7) is 0.293. The molecule has 0 bridgehead atoms. The van der Waals surface area contributed by atoms with Crippen LogP contribution in [0, 0.1) is 5.92 Å². The van der Waals surface area contributed by atoms with Crippen LogP contribution >= 0.6 is 57.4 Å². The molecule has 1 aliphatic carbocycles. The molecule has 31 heteroatoms. The molecule has 26 nitrogen and oxygen atoms in total. The first-order chi connectivity index (χ1) is 37.1. The van der Waals surface area contributed by atoms with E-state index in [0.29, 0.717) is 6.42 Å². The molecule has 1 aromatic carbocycles. The molecule has 0 aromatic heterocycles. The zero-order valence-electron chi connectivity index (χ0n) is 43.0. The van der Waals surface area contributed by atoms with Crippen molar-refractivity contribution < 1.29 is 47.9 Å². The highest BCUT2D eigenvalue weighted by atomic mass is 35.5. The fraction of sp³-hybridized carbons (Fsp3) is 0.617. The molecule has 10 amide bonds. The maximum absolute atomic E-state index is 14.3. The van der Waals surface area contributed by atoms with Crippen LogP contribution in [0.15, 0.2) is 28.2 Å². The molecule has 4 rings (SSSR count). The number of likely N-dealkylation sites (tertiary alicyclic amines) is 1. The molecule has 19 N–H and O–H groups in total. The predicted molar refractivity (Wildman–Crippen MR) is 301 cm³/mol. The van der Waals surface area contributed by atoms with Gasteiger partial charge in [-0.25, -0.2) is 0 Å². The quantitative estimate of drug-likeness (QED) is 0.0144. The highest BCUT2D eigenvalue weighted by Crippen LogP contribution is 2.29. The van der Waals surface area contributed by atoms with Crippen molar-refractivity contribution in [1.82, 2.24) is 42.1 Å². The first-order valence-electron chi connectivity index (χ1n) is 25.5. The number of nitrogens with two attached hydrogens (primary N) is 6. The number of amides is 10. The Morgan fingerprint density at radius 3 is 1.79 bits per heavy atom. The Kier molecular flexibility index (Phi) is 27.2. The molecule has 1 aromatic rings. The Labute approximate surface area is 475 Å². The van der Waals surface area contributed by atoms with Crippen LogP contribution in [0.25, 0.3) is 0 Å². The van der Waals surface area contributed by atoms with Gasteiger partial charge in [-0.15, -0.1) is 0 Å². The van der Waals surface area contributed by atoms with Crippen molar-refractivity contribution in [1.29, 1.82) is 0 Å². The first-order valence-corrected chi connectivity index (χ1v) is 29.4. The van der Waals surface area contributed by atoms with Gasteiger partial charge in [0.15, 0.2) is 11.9 Å². The third-order valence-electron chi connectivity index (χ3n) is 13.0. The molecule has 3 fully saturated rings. The van der Waals surface area contributed by atoms with Crippen molar-refractivity contribution in [3.63, 3.8) is 0 Å². The predicted octanol–water partition coefficient (Wildman–Crippen LogP) is -1.86. The number of thiol groups is 1. The van der Waals surface area contributed by atoms with Gasteiger partial charge in [-0.3, -0.25) is 57.9 Å². The number of aliphatic imine (C=N–C) groups is 2. The molecule has 2 heterocycles. The van der Waals surface area contributed by atoms with E-state index in [1.54, 1.807) is 0 Å². The minimum absolute atomic E-state index is 0.0107. The topological polar surface area (TPSA) is 439 Å². The van der Waals surface area contributed by atoms with Crippen LogP contribution in [0.1, 0.15) is 100 Å². The van der Waals surface area contributed by atoms with Gasteiger partial charge in [-0.1, -0.05) is 76.9 Å². The minimum Gasteiger partial charge on any atom is -0.370 e. The van der Waals surface area contributed by atoms with Crippen molar-refractivity contribution in [3.05, 3.63) is 33.8 Å². The van der Waals surface area contributed by atoms with Crippen LogP contribution in [0.5, 0.6) is 0 Å². The number of carbonyl (C=O) groups excluding carboxylic acids is 10. The monoisotopic (exact) mass is 1190 g/mol. The van der Waals surface area contributed by atoms with Gasteiger partial charge in [0.2, 0.25) is 53.2 Å². The number of carbonyl (C=O) groups is 10. The zero-order chi connectivity index (χ0) is 57.5. The number of nitrogens with one attached hydrogen (secondary N) is 7. The molecule has 0 radical (unpaired) electrons. The largest absolute Gasteiger partial charge is 0.370 e. The van der Waals surface area contributed by atoms with Crippen LogP contribution < -0.4 is 71.6 Å². The maximum atomic E-state index is 14.3. The fourth-order valence-corrected chi connectivity index (χ4v) is 11.8. The average molecular weight is 1190 g/mol. The summed E-state index contributed by atoms with van der Waals surface area (Å²) in [4.78, 5) is 145. The lowest BCUT2D eigenvalue weighted by molar-refractivity contribution is -0.136. The van der Waals surface area contributed by atoms with Crippen LogP contribution in [-0.2, 0) is 43.2 Å². The van der Waals surface area contributed by atoms with Gasteiger partial charge in [0, 0.05) is 48.9 Å². The first kappa shape index (κ1) is 64.6. The number of hydrogen-bond donors (Lipinski definition) is 14. The van der Waals surface area contributed by atoms with Crippen LogP contribution in [0.3, 0.4) is 0 Å². The summed E-state index contributed by atoms with van der Waals surface area (Å²) in [5, 5.41) is 18.9. The van der Waals surface area contributed by atoms with Gasteiger partial charge in [-0.2, -0.15) is 12.6 Å². The number of guanidine groups is 2. The second kappa shape index (κ2) is 32.9. The minimum atomic E-state index is -1.55. The average Bonchev–Trinajstić information content (AvgIpc) is 3.90. The Morgan fingerprint density at radius 1 is 0.679 bits per heavy atom. The summed E-state index contributed by atoms with van der Waals surface area (Å²) < 4.78 is 0. The normalized spacial score (nSPS) is 19.6. The highest BCUT2D eigenvalue weighted by molar-refractivity contribution is 8.76. The van der Waals surface area contributed by atoms with Crippen molar-refractivity contribution >= 4 is 128 Å². The summed E-state index contributed by atoms with van der Waals surface area (Å²) in [5.74, 6) is -7.90. The van der Waals surface area contributed by atoms with Gasteiger partial charge < -0.3 is 76.5 Å². The molecular formula is C47H72Cl2N16O10S3. The number of primary amides is 2. The second-order valence-corrected chi connectivity index (χ2v) is 22.7. The van der Waals surface area contributed by atoms with E-state index in [1.165, 1.54) is 44.7 Å². The van der Waals surface area contributed by atoms with E-state index in [4.69, 9.17) is 57.6 Å². The van der Waals surface area contributed by atoms with Crippen molar-refractivity contribution in [3.8, 4) is 0 Å². The van der Waals surface area contributed by atoms with Crippen molar-refractivity contribution in [2.24, 2.45) is 50.3 Å². The summed E-state index contributed by atoms with van der Waals surface area (Å²) in [7, 11) is 2.57. The lowest BCUT2D eigenvalue weighted by Gasteiger charge is -2.30. The Balaban J connectivity index is 1.55. The third-order valence-corrected chi connectivity index (χ3v) is 16.6. The van der Waals surface area contributed by atoms with Gasteiger partial charge in [0.1, 0.15) is 48.3 Å². The molecule has 2 aliphatic heterocycles. The zero-order valence-corrected chi connectivity index (χ0v) is 47.0. The second-order valence-electron chi connectivity index (χ2n) is 19.0. The molecule has 0 unspecified atom stereocenters. The lowest BCUT2D eigenvalue weighted by Crippen LogP contribution is -2.61. The van der Waals surface area contributed by atoms with Crippen LogP contribution in [0.4, 0.5) is 0 Å². The molecule has 0 spiro atoms. The highest BCUT2D eigenvalue weighted by Gasteiger charge is 2.39. The number of rotatable bonds is 28. The van der Waals surface area contributed by atoms with E-state index in [-0.39, 0.29) is 115 Å². The lowest BCUT2D eigenvalue weighted by atomic mass is 9.84. The number of nitrogens with zero attached hydrogens (tertiary/aromatic N) is 3. The Hall–Kier alpha value is -5.91. The molecule has 2 saturated heterocycles. The van der Waals surface area contributed by atoms with Gasteiger partial charge in [0.25, 0.3) is 5.91 Å². The van der Waals surface area contributed by atoms with Crippen molar-refractivity contribution in [2.75, 3.05) is 36.9 Å². The summed E-state index contributed by atoms with van der Waals surface area (Å²) >= 11 is 16.6. The van der Waals surface area contributed by atoms with E-state index >= 15 is 0 Å². The molecule has 8 atom stereocenters. The number of halogens is 2. The van der Waals surface area contributed by atoms with E-state index in [2.05, 4.69) is 59.8 Å². The number of hydrogen-bond acceptors (Lipinski definition) is 15. The Bertz CT molecular complexity index is 2380. The summed E-state index contributed by atoms with van der Waals surface area (Å²) in [5.41, 5.74) is 33.2. The van der Waals surface area contributed by atoms with E-state index in [0.717, 1.165) is 32.1 Å². The summed E-state index contributed by atoms with van der Waals surface area (Å²) in [6.07, 6.45) is 4.69.